The van der Waals surface area contributed by atoms with E-state index in [-0.39, 0.29) is 0 Å². The van der Waals surface area contributed by atoms with Gasteiger partial charge in [-0.25, -0.2) is 0 Å². The molecule has 0 saturated heterocycles. The van der Waals surface area contributed by atoms with Crippen LogP contribution in [0.4, 0.5) is 0 Å². The Bertz CT molecular complexity index is 196. The van der Waals surface area contributed by atoms with Gasteiger partial charge in [0.2, 0.25) is 0 Å². The Morgan fingerprint density at radius 3 is 1.41 bits per heavy atom. The van der Waals surface area contributed by atoms with E-state index in [4.69, 9.17) is 0 Å². The molecule has 133 valence electrons. The standard InChI is InChI=1S/C22H45/c1-5-9-11-12-13-14-15-16-20-22(18-8-4)21(17-7-3)19-10-6-2/h21-22H,1,5-20H2,2-4H3. The Labute approximate surface area is 142 Å². The van der Waals surface area contributed by atoms with E-state index in [0.717, 1.165) is 18.3 Å². The predicted octanol–water partition coefficient (Wildman–Crippen LogP) is 8.35. The summed E-state index contributed by atoms with van der Waals surface area (Å²) in [4.78, 5) is 0. The van der Waals surface area contributed by atoms with Crippen LogP contribution in [0.5, 0.6) is 0 Å². The normalized spacial score (nSPS) is 14.2. The molecule has 0 rings (SSSR count). The maximum atomic E-state index is 3.92. The van der Waals surface area contributed by atoms with Gasteiger partial charge in [0.15, 0.2) is 0 Å². The number of unbranched alkanes of at least 4 members (excludes halogenated alkanes) is 8. The summed E-state index contributed by atoms with van der Waals surface area (Å²) in [5.74, 6) is 2.03. The summed E-state index contributed by atoms with van der Waals surface area (Å²) in [6.45, 7) is 11.0. The molecule has 2 atom stereocenters. The molecule has 0 heterocycles. The van der Waals surface area contributed by atoms with Crippen molar-refractivity contribution in [3.63, 3.8) is 0 Å². The number of hydrogen-bond acceptors (Lipinski definition) is 0. The topological polar surface area (TPSA) is 0 Å². The molecular formula is C22H45. The second-order valence-electron chi connectivity index (χ2n) is 7.36. The van der Waals surface area contributed by atoms with E-state index >= 15 is 0 Å². The van der Waals surface area contributed by atoms with Crippen molar-refractivity contribution in [1.29, 1.82) is 0 Å². The largest absolute Gasteiger partial charge is 0.0654 e. The molecule has 0 N–H and O–H groups in total. The van der Waals surface area contributed by atoms with Crippen LogP contribution in [0, 0.1) is 18.8 Å². The first-order chi connectivity index (χ1) is 10.8. The lowest BCUT2D eigenvalue weighted by Crippen LogP contribution is -2.15. The van der Waals surface area contributed by atoms with Crippen LogP contribution in [0.1, 0.15) is 124 Å². The van der Waals surface area contributed by atoms with Crippen molar-refractivity contribution in [2.75, 3.05) is 0 Å². The van der Waals surface area contributed by atoms with Gasteiger partial charge in [-0.3, -0.25) is 0 Å². The van der Waals surface area contributed by atoms with Crippen molar-refractivity contribution in [3.8, 4) is 0 Å². The minimum Gasteiger partial charge on any atom is -0.0654 e. The molecule has 0 aromatic carbocycles. The molecular weight excluding hydrogens is 264 g/mol. The Morgan fingerprint density at radius 2 is 0.955 bits per heavy atom. The first-order valence-corrected chi connectivity index (χ1v) is 10.6. The molecule has 0 aliphatic heterocycles. The highest BCUT2D eigenvalue weighted by molar-refractivity contribution is 4.70. The van der Waals surface area contributed by atoms with Crippen LogP contribution < -0.4 is 0 Å². The monoisotopic (exact) mass is 309 g/mol. The second-order valence-corrected chi connectivity index (χ2v) is 7.36. The molecule has 0 heteroatoms. The van der Waals surface area contributed by atoms with Gasteiger partial charge in [0.05, 0.1) is 0 Å². The van der Waals surface area contributed by atoms with Crippen molar-refractivity contribution in [3.05, 3.63) is 6.92 Å². The zero-order valence-corrected chi connectivity index (χ0v) is 16.2. The summed E-state index contributed by atoms with van der Waals surface area (Å²) in [7, 11) is 0. The summed E-state index contributed by atoms with van der Waals surface area (Å²) < 4.78 is 0. The fourth-order valence-corrected chi connectivity index (χ4v) is 3.91. The minimum atomic E-state index is 1.02. The Balaban J connectivity index is 3.89. The van der Waals surface area contributed by atoms with Crippen molar-refractivity contribution in [1.82, 2.24) is 0 Å². The third-order valence-corrected chi connectivity index (χ3v) is 5.24. The molecule has 0 aromatic rings. The Morgan fingerprint density at radius 1 is 0.500 bits per heavy atom. The minimum absolute atomic E-state index is 1.02. The molecule has 0 fully saturated rings. The third kappa shape index (κ3) is 12.5. The maximum absolute atomic E-state index is 3.92. The van der Waals surface area contributed by atoms with Crippen LogP contribution >= 0.6 is 0 Å². The summed E-state index contributed by atoms with van der Waals surface area (Å²) in [6.07, 6.45) is 22.6. The van der Waals surface area contributed by atoms with Gasteiger partial charge in [-0.1, -0.05) is 130 Å². The molecule has 2 unspecified atom stereocenters. The molecule has 0 bridgehead atoms. The fourth-order valence-electron chi connectivity index (χ4n) is 3.91. The molecule has 0 aliphatic carbocycles. The van der Waals surface area contributed by atoms with E-state index in [1.807, 2.05) is 0 Å². The second kappa shape index (κ2) is 17.4. The molecule has 0 saturated carbocycles. The van der Waals surface area contributed by atoms with Crippen molar-refractivity contribution in [2.45, 2.75) is 124 Å². The maximum Gasteiger partial charge on any atom is -0.0386 e. The first-order valence-electron chi connectivity index (χ1n) is 10.6. The number of hydrogen-bond donors (Lipinski definition) is 0. The van der Waals surface area contributed by atoms with Crippen molar-refractivity contribution in [2.24, 2.45) is 11.8 Å². The van der Waals surface area contributed by atoms with E-state index in [2.05, 4.69) is 27.7 Å². The zero-order chi connectivity index (χ0) is 16.5. The highest BCUT2D eigenvalue weighted by Crippen LogP contribution is 2.31. The number of rotatable bonds is 17. The van der Waals surface area contributed by atoms with Crippen LogP contribution in [0.15, 0.2) is 0 Å². The molecule has 1 radical (unpaired) electrons. The van der Waals surface area contributed by atoms with Gasteiger partial charge in [0.1, 0.15) is 0 Å². The first kappa shape index (κ1) is 22.0. The van der Waals surface area contributed by atoms with Crippen molar-refractivity contribution < 1.29 is 0 Å². The van der Waals surface area contributed by atoms with Crippen LogP contribution in [-0.4, -0.2) is 0 Å². The van der Waals surface area contributed by atoms with Gasteiger partial charge in [0.25, 0.3) is 0 Å². The highest BCUT2D eigenvalue weighted by atomic mass is 14.2. The highest BCUT2D eigenvalue weighted by Gasteiger charge is 2.19. The average Bonchev–Trinajstić information content (AvgIpc) is 2.53. The van der Waals surface area contributed by atoms with E-state index in [1.165, 1.54) is 96.3 Å². The summed E-state index contributed by atoms with van der Waals surface area (Å²) >= 11 is 0. The molecule has 22 heavy (non-hydrogen) atoms. The molecule has 0 nitrogen and oxygen atoms in total. The van der Waals surface area contributed by atoms with E-state index < -0.39 is 0 Å². The van der Waals surface area contributed by atoms with Gasteiger partial charge < -0.3 is 0 Å². The van der Waals surface area contributed by atoms with Gasteiger partial charge >= 0.3 is 0 Å². The lowest BCUT2D eigenvalue weighted by Gasteiger charge is -2.27. The zero-order valence-electron chi connectivity index (χ0n) is 16.2. The Hall–Kier alpha value is 0. The van der Waals surface area contributed by atoms with Crippen LogP contribution in [-0.2, 0) is 0 Å². The predicted molar refractivity (Wildman–Crippen MR) is 103 cm³/mol. The summed E-state index contributed by atoms with van der Waals surface area (Å²) in [6, 6.07) is 0. The van der Waals surface area contributed by atoms with E-state index in [1.54, 1.807) is 0 Å². The van der Waals surface area contributed by atoms with E-state index in [0.29, 0.717) is 0 Å². The molecule has 0 aliphatic rings. The Kier molecular flexibility index (Phi) is 17.4. The van der Waals surface area contributed by atoms with E-state index in [9.17, 15) is 0 Å². The molecule has 0 amide bonds. The van der Waals surface area contributed by atoms with Crippen LogP contribution in [0.3, 0.4) is 0 Å². The van der Waals surface area contributed by atoms with Crippen LogP contribution in [0.25, 0.3) is 0 Å². The molecule has 0 spiro atoms. The van der Waals surface area contributed by atoms with Crippen LogP contribution in [0.2, 0.25) is 0 Å². The van der Waals surface area contributed by atoms with Gasteiger partial charge in [-0.15, -0.1) is 0 Å². The quantitative estimate of drug-likeness (QED) is 0.237. The smallest absolute Gasteiger partial charge is 0.0386 e. The SMILES string of the molecule is [CH2]CCCCCCCCCC(CCC)C(CCC)CCCC. The third-order valence-electron chi connectivity index (χ3n) is 5.24. The van der Waals surface area contributed by atoms with Crippen molar-refractivity contribution >= 4 is 0 Å². The summed E-state index contributed by atoms with van der Waals surface area (Å²) in [5, 5.41) is 0. The van der Waals surface area contributed by atoms with Gasteiger partial charge in [-0.2, -0.15) is 0 Å². The van der Waals surface area contributed by atoms with Gasteiger partial charge in [0, 0.05) is 0 Å². The van der Waals surface area contributed by atoms with Gasteiger partial charge in [-0.05, 0) is 11.8 Å². The fraction of sp³-hybridized carbons (Fsp3) is 0.955. The lowest BCUT2D eigenvalue weighted by molar-refractivity contribution is 0.247. The lowest BCUT2D eigenvalue weighted by atomic mass is 9.79. The average molecular weight is 310 g/mol. The molecule has 0 aromatic heterocycles. The summed E-state index contributed by atoms with van der Waals surface area (Å²) in [5.41, 5.74) is 0.